The minimum Gasteiger partial charge on any atom is -0.280 e. The molecule has 6 heteroatoms. The zero-order chi connectivity index (χ0) is 13.7. The van der Waals surface area contributed by atoms with E-state index in [2.05, 4.69) is 27.1 Å². The van der Waals surface area contributed by atoms with Crippen molar-refractivity contribution in [2.75, 3.05) is 4.72 Å². The zero-order valence-electron chi connectivity index (χ0n) is 9.78. The molecule has 0 heterocycles. The topological polar surface area (TPSA) is 58.5 Å². The van der Waals surface area contributed by atoms with E-state index in [1.807, 2.05) is 6.07 Å². The third-order valence-electron chi connectivity index (χ3n) is 2.35. The first kappa shape index (κ1) is 13.4. The van der Waals surface area contributed by atoms with E-state index in [-0.39, 0.29) is 4.90 Å². The molecule has 0 aliphatic heterocycles. The van der Waals surface area contributed by atoms with Crippen molar-refractivity contribution in [2.45, 2.75) is 4.90 Å². The standard InChI is InChI=1S/C13H10N2O2S2/c16-19(17,15-12-4-2-1-3-5-12)13-8-6-11(7-9-13)14-10-18/h1-9,15H. The van der Waals surface area contributed by atoms with Gasteiger partial charge in [0, 0.05) is 5.69 Å². The lowest BCUT2D eigenvalue weighted by atomic mass is 10.3. The monoisotopic (exact) mass is 290 g/mol. The third kappa shape index (κ3) is 3.48. The van der Waals surface area contributed by atoms with Crippen molar-refractivity contribution in [2.24, 2.45) is 4.99 Å². The van der Waals surface area contributed by atoms with Gasteiger partial charge in [-0.1, -0.05) is 18.2 Å². The molecule has 0 amide bonds. The largest absolute Gasteiger partial charge is 0.280 e. The van der Waals surface area contributed by atoms with Crippen molar-refractivity contribution in [3.8, 4) is 0 Å². The van der Waals surface area contributed by atoms with Gasteiger partial charge in [0.25, 0.3) is 10.0 Å². The summed E-state index contributed by atoms with van der Waals surface area (Å²) in [6.45, 7) is 0. The van der Waals surface area contributed by atoms with Crippen LogP contribution in [0.1, 0.15) is 0 Å². The van der Waals surface area contributed by atoms with E-state index < -0.39 is 10.0 Å². The van der Waals surface area contributed by atoms with Gasteiger partial charge in [-0.15, -0.1) is 0 Å². The highest BCUT2D eigenvalue weighted by atomic mass is 32.2. The molecule has 0 bridgehead atoms. The maximum atomic E-state index is 12.1. The molecule has 0 saturated heterocycles. The number of nitrogens with zero attached hydrogens (tertiary/aromatic N) is 1. The molecule has 0 fully saturated rings. The van der Waals surface area contributed by atoms with Crippen molar-refractivity contribution in [3.63, 3.8) is 0 Å². The Balaban J connectivity index is 2.27. The molecular weight excluding hydrogens is 280 g/mol. The second kappa shape index (κ2) is 5.75. The van der Waals surface area contributed by atoms with Gasteiger partial charge in [-0.3, -0.25) is 4.72 Å². The first-order valence-corrected chi connectivity index (χ1v) is 7.27. The molecule has 4 nitrogen and oxygen atoms in total. The van der Waals surface area contributed by atoms with Gasteiger partial charge in [0.05, 0.1) is 15.7 Å². The molecule has 0 atom stereocenters. The summed E-state index contributed by atoms with van der Waals surface area (Å²) in [6, 6.07) is 14.8. The Morgan fingerprint density at radius 3 is 2.21 bits per heavy atom. The first-order valence-electron chi connectivity index (χ1n) is 5.37. The minimum atomic E-state index is -3.58. The summed E-state index contributed by atoms with van der Waals surface area (Å²) < 4.78 is 26.7. The summed E-state index contributed by atoms with van der Waals surface area (Å²) in [6.07, 6.45) is 0. The predicted octanol–water partition coefficient (Wildman–Crippen LogP) is 3.22. The van der Waals surface area contributed by atoms with Crippen LogP contribution in [0.5, 0.6) is 0 Å². The van der Waals surface area contributed by atoms with Crippen LogP contribution in [0.2, 0.25) is 0 Å². The molecule has 0 radical (unpaired) electrons. The van der Waals surface area contributed by atoms with Crippen LogP contribution in [-0.2, 0) is 10.0 Å². The highest BCUT2D eigenvalue weighted by Gasteiger charge is 2.13. The van der Waals surface area contributed by atoms with Crippen LogP contribution in [0.3, 0.4) is 0 Å². The van der Waals surface area contributed by atoms with Gasteiger partial charge >= 0.3 is 0 Å². The lowest BCUT2D eigenvalue weighted by Crippen LogP contribution is -2.12. The number of benzene rings is 2. The molecule has 2 aromatic rings. The van der Waals surface area contributed by atoms with Crippen LogP contribution in [0, 0.1) is 0 Å². The SMILES string of the molecule is O=S(=O)(Nc1ccccc1)c1ccc(N=C=S)cc1. The summed E-state index contributed by atoms with van der Waals surface area (Å²) in [5.74, 6) is 0. The van der Waals surface area contributed by atoms with E-state index >= 15 is 0 Å². The quantitative estimate of drug-likeness (QED) is 0.694. The number of anilines is 1. The number of sulfonamides is 1. The fourth-order valence-electron chi connectivity index (χ4n) is 1.47. The molecule has 96 valence electrons. The summed E-state index contributed by atoms with van der Waals surface area (Å²) in [5, 5.41) is 2.23. The Morgan fingerprint density at radius 1 is 1.00 bits per heavy atom. The molecule has 0 aliphatic carbocycles. The van der Waals surface area contributed by atoms with E-state index in [1.165, 1.54) is 12.1 Å². The molecular formula is C13H10N2O2S2. The number of nitrogens with one attached hydrogen (secondary N) is 1. The first-order chi connectivity index (χ1) is 9.12. The highest BCUT2D eigenvalue weighted by Crippen LogP contribution is 2.19. The fraction of sp³-hybridized carbons (Fsp3) is 0. The van der Waals surface area contributed by atoms with E-state index in [1.54, 1.807) is 36.4 Å². The third-order valence-corrected chi connectivity index (χ3v) is 3.84. The highest BCUT2D eigenvalue weighted by molar-refractivity contribution is 7.92. The predicted molar refractivity (Wildman–Crippen MR) is 78.4 cm³/mol. The Bertz CT molecular complexity index is 704. The summed E-state index contributed by atoms with van der Waals surface area (Å²) in [5.41, 5.74) is 1.08. The number of para-hydroxylation sites is 1. The minimum absolute atomic E-state index is 0.166. The normalized spacial score (nSPS) is 10.5. The van der Waals surface area contributed by atoms with Crippen molar-refractivity contribution < 1.29 is 8.42 Å². The van der Waals surface area contributed by atoms with Gasteiger partial charge in [0.2, 0.25) is 0 Å². The van der Waals surface area contributed by atoms with Gasteiger partial charge in [-0.25, -0.2) is 8.42 Å². The maximum absolute atomic E-state index is 12.1. The van der Waals surface area contributed by atoms with Crippen molar-refractivity contribution in [1.29, 1.82) is 0 Å². The number of rotatable bonds is 4. The van der Waals surface area contributed by atoms with Gasteiger partial charge < -0.3 is 0 Å². The van der Waals surface area contributed by atoms with Crippen LogP contribution in [0.15, 0.2) is 64.5 Å². The Labute approximate surface area is 116 Å². The summed E-state index contributed by atoms with van der Waals surface area (Å²) in [4.78, 5) is 3.93. The molecule has 1 N–H and O–H groups in total. The fourth-order valence-corrected chi connectivity index (χ4v) is 2.64. The van der Waals surface area contributed by atoms with E-state index in [4.69, 9.17) is 0 Å². The lowest BCUT2D eigenvalue weighted by molar-refractivity contribution is 0.601. The molecule has 0 aliphatic rings. The van der Waals surface area contributed by atoms with Gasteiger partial charge in [-0.05, 0) is 48.6 Å². The number of thiocarbonyl (C=S) groups is 1. The number of isothiocyanates is 1. The number of hydrogen-bond donors (Lipinski definition) is 1. The van der Waals surface area contributed by atoms with Gasteiger partial charge in [0.1, 0.15) is 0 Å². The Morgan fingerprint density at radius 2 is 1.63 bits per heavy atom. The molecule has 2 aromatic carbocycles. The number of hydrogen-bond acceptors (Lipinski definition) is 4. The molecule has 0 saturated carbocycles. The van der Waals surface area contributed by atoms with Crippen molar-refractivity contribution >= 4 is 38.8 Å². The average molecular weight is 290 g/mol. The van der Waals surface area contributed by atoms with Crippen LogP contribution >= 0.6 is 12.2 Å². The Kier molecular flexibility index (Phi) is 4.06. The lowest BCUT2D eigenvalue weighted by Gasteiger charge is -2.07. The zero-order valence-corrected chi connectivity index (χ0v) is 11.4. The van der Waals surface area contributed by atoms with Crippen molar-refractivity contribution in [1.82, 2.24) is 0 Å². The average Bonchev–Trinajstić information content (AvgIpc) is 2.40. The van der Waals surface area contributed by atoms with Gasteiger partial charge in [-0.2, -0.15) is 4.99 Å². The maximum Gasteiger partial charge on any atom is 0.261 e. The summed E-state index contributed by atoms with van der Waals surface area (Å²) >= 11 is 4.48. The smallest absolute Gasteiger partial charge is 0.261 e. The molecule has 0 spiro atoms. The molecule has 0 unspecified atom stereocenters. The molecule has 19 heavy (non-hydrogen) atoms. The second-order valence-corrected chi connectivity index (χ2v) is 5.53. The van der Waals surface area contributed by atoms with Crippen LogP contribution in [-0.4, -0.2) is 13.6 Å². The van der Waals surface area contributed by atoms with Gasteiger partial charge in [0.15, 0.2) is 0 Å². The van der Waals surface area contributed by atoms with E-state index in [0.29, 0.717) is 11.4 Å². The second-order valence-electron chi connectivity index (χ2n) is 3.67. The van der Waals surface area contributed by atoms with E-state index in [9.17, 15) is 8.42 Å². The number of aliphatic imine (C=N–C) groups is 1. The van der Waals surface area contributed by atoms with E-state index in [0.717, 1.165) is 0 Å². The van der Waals surface area contributed by atoms with Crippen LogP contribution in [0.25, 0.3) is 0 Å². The van der Waals surface area contributed by atoms with Crippen molar-refractivity contribution in [3.05, 3.63) is 54.6 Å². The van der Waals surface area contributed by atoms with Crippen LogP contribution < -0.4 is 4.72 Å². The Hall–Kier alpha value is -2.01. The molecule has 2 rings (SSSR count). The molecule has 0 aromatic heterocycles. The van der Waals surface area contributed by atoms with Crippen LogP contribution in [0.4, 0.5) is 11.4 Å². The summed E-state index contributed by atoms with van der Waals surface area (Å²) in [7, 11) is -3.58.